The summed E-state index contributed by atoms with van der Waals surface area (Å²) in [7, 11) is 0. The maximum absolute atomic E-state index is 4.06. The van der Waals surface area contributed by atoms with Crippen LogP contribution in [0.4, 0.5) is 0 Å². The van der Waals surface area contributed by atoms with E-state index in [4.69, 9.17) is 0 Å². The Balaban J connectivity index is 1.80. The molecule has 0 aliphatic carbocycles. The molecule has 0 bridgehead atoms. The molecule has 0 N–H and O–H groups in total. The first-order chi connectivity index (χ1) is 20.6. The van der Waals surface area contributed by atoms with Gasteiger partial charge in [0, 0.05) is 9.75 Å². The van der Waals surface area contributed by atoms with E-state index in [9.17, 15) is 0 Å². The van der Waals surface area contributed by atoms with E-state index in [0.29, 0.717) is 0 Å². The second-order valence-corrected chi connectivity index (χ2v) is 14.3. The quantitative estimate of drug-likeness (QED) is 0.193. The van der Waals surface area contributed by atoms with Gasteiger partial charge >= 0.3 is 0 Å². The van der Waals surface area contributed by atoms with E-state index in [1.165, 1.54) is 121 Å². The van der Waals surface area contributed by atoms with Crippen LogP contribution in [0.15, 0.2) is 6.58 Å². The third-order valence-corrected chi connectivity index (χ3v) is 12.4. The van der Waals surface area contributed by atoms with Gasteiger partial charge in [-0.2, -0.15) is 0 Å². The minimum atomic E-state index is 1.27. The van der Waals surface area contributed by atoms with Crippen LogP contribution in [0.2, 0.25) is 0 Å². The van der Waals surface area contributed by atoms with Crippen LogP contribution in [0.5, 0.6) is 0 Å². The van der Waals surface area contributed by atoms with Crippen molar-refractivity contribution in [2.45, 2.75) is 104 Å². The summed E-state index contributed by atoms with van der Waals surface area (Å²) in [5.74, 6) is 0. The van der Waals surface area contributed by atoms with Gasteiger partial charge in [0.25, 0.3) is 0 Å². The van der Waals surface area contributed by atoms with E-state index in [0.717, 1.165) is 0 Å². The first-order valence-corrected chi connectivity index (χ1v) is 16.7. The van der Waals surface area contributed by atoms with Gasteiger partial charge in [0.1, 0.15) is 0 Å². The number of hydrogen-bond donors (Lipinski definition) is 0. The van der Waals surface area contributed by atoms with Crippen molar-refractivity contribution >= 4 is 41.7 Å². The topological polar surface area (TPSA) is 0 Å². The van der Waals surface area contributed by atoms with E-state index in [-0.39, 0.29) is 0 Å². The number of aryl methyl sites for hydroxylation is 1. The van der Waals surface area contributed by atoms with Crippen molar-refractivity contribution in [1.29, 1.82) is 0 Å². The van der Waals surface area contributed by atoms with Crippen molar-refractivity contribution in [3.63, 3.8) is 0 Å². The fraction of sp³-hybridized carbons (Fsp3) is 0.349. The maximum atomic E-state index is 4.06. The Labute approximate surface area is 272 Å². The molecule has 0 saturated carbocycles. The van der Waals surface area contributed by atoms with E-state index in [1.54, 1.807) is 0 Å². The van der Waals surface area contributed by atoms with Crippen molar-refractivity contribution in [3.8, 4) is 10.4 Å². The Morgan fingerprint density at radius 1 is 0.341 bits per heavy atom. The molecule has 1 heteroatoms. The van der Waals surface area contributed by atoms with Crippen LogP contribution in [0.1, 0.15) is 111 Å². The Morgan fingerprint density at radius 3 is 0.864 bits per heavy atom. The molecule has 0 amide bonds. The van der Waals surface area contributed by atoms with Gasteiger partial charge in [0.15, 0.2) is 0 Å². The van der Waals surface area contributed by atoms with Crippen LogP contribution in [0.3, 0.4) is 0 Å². The molecule has 3 aromatic carbocycles. The van der Waals surface area contributed by atoms with Crippen LogP contribution < -0.4 is 0 Å². The zero-order chi connectivity index (χ0) is 32.9. The standard InChI is InChI=1S/C43H52S/c1-17-37-23(3)25(5)38(26(6)24(37)4)18-19-39-27(7)29(9)40(30(10)28(39)8)20-21-41-31(11)33(13)42(34(14)32(41)12)43-35(15)22(2)36(16)44-43/h17-21H,1H2,2-16H3. The summed E-state index contributed by atoms with van der Waals surface area (Å²) in [6.07, 6.45) is 11.4. The summed E-state index contributed by atoms with van der Waals surface area (Å²) in [6, 6.07) is 0. The molecule has 0 saturated heterocycles. The van der Waals surface area contributed by atoms with E-state index >= 15 is 0 Å². The zero-order valence-corrected chi connectivity index (χ0v) is 30.8. The first-order valence-electron chi connectivity index (χ1n) is 15.9. The molecule has 0 spiro atoms. The van der Waals surface area contributed by atoms with Gasteiger partial charge in [0.2, 0.25) is 0 Å². The van der Waals surface area contributed by atoms with Gasteiger partial charge in [-0.25, -0.2) is 0 Å². The molecule has 0 nitrogen and oxygen atoms in total. The summed E-state index contributed by atoms with van der Waals surface area (Å²) < 4.78 is 0. The predicted molar refractivity (Wildman–Crippen MR) is 202 cm³/mol. The molecule has 0 atom stereocenters. The molecule has 230 valence electrons. The molecule has 0 aliphatic rings. The van der Waals surface area contributed by atoms with Gasteiger partial charge in [-0.15, -0.1) is 11.3 Å². The van der Waals surface area contributed by atoms with Gasteiger partial charge in [-0.05, 0) is 215 Å². The molecule has 0 fully saturated rings. The minimum Gasteiger partial charge on any atom is -0.140 e. The highest BCUT2D eigenvalue weighted by atomic mass is 32.1. The summed E-state index contributed by atoms with van der Waals surface area (Å²) in [5.41, 5.74) is 27.2. The van der Waals surface area contributed by atoms with Gasteiger partial charge in [0.05, 0.1) is 0 Å². The lowest BCUT2D eigenvalue weighted by Gasteiger charge is -2.20. The van der Waals surface area contributed by atoms with Crippen molar-refractivity contribution in [2.75, 3.05) is 0 Å². The predicted octanol–water partition coefficient (Wildman–Crippen LogP) is 13.0. The SMILES string of the molecule is C=Cc1c(C)c(C)c(C=Cc2c(C)c(C)c(C=Cc3c(C)c(C)c(-c4sc(C)c(C)c4C)c(C)c3C)c(C)c2C)c(C)c1C. The molecule has 4 aromatic rings. The Bertz CT molecular complexity index is 1810. The third kappa shape index (κ3) is 5.39. The molecular formula is C43H52S. The lowest BCUT2D eigenvalue weighted by molar-refractivity contribution is 1.20. The van der Waals surface area contributed by atoms with Crippen LogP contribution in [-0.2, 0) is 0 Å². The number of hydrogen-bond acceptors (Lipinski definition) is 1. The smallest absolute Gasteiger partial charge is 0.0383 e. The monoisotopic (exact) mass is 600 g/mol. The Morgan fingerprint density at radius 2 is 0.614 bits per heavy atom. The Kier molecular flexibility index (Phi) is 9.53. The zero-order valence-electron chi connectivity index (χ0n) is 30.0. The molecule has 0 aliphatic heterocycles. The van der Waals surface area contributed by atoms with Crippen LogP contribution >= 0.6 is 11.3 Å². The van der Waals surface area contributed by atoms with Crippen molar-refractivity contribution < 1.29 is 0 Å². The second kappa shape index (κ2) is 12.5. The van der Waals surface area contributed by atoms with E-state index < -0.39 is 0 Å². The highest BCUT2D eigenvalue weighted by Gasteiger charge is 2.20. The van der Waals surface area contributed by atoms with Gasteiger partial charge in [-0.1, -0.05) is 37.0 Å². The van der Waals surface area contributed by atoms with Crippen LogP contribution in [0.25, 0.3) is 40.8 Å². The summed E-state index contributed by atoms with van der Waals surface area (Å²) >= 11 is 1.94. The lowest BCUT2D eigenvalue weighted by Crippen LogP contribution is -2.01. The molecule has 1 aromatic heterocycles. The van der Waals surface area contributed by atoms with Crippen LogP contribution in [0, 0.1) is 104 Å². The van der Waals surface area contributed by atoms with Crippen LogP contribution in [-0.4, -0.2) is 0 Å². The van der Waals surface area contributed by atoms with Crippen molar-refractivity contribution in [1.82, 2.24) is 0 Å². The average molecular weight is 601 g/mol. The number of thiophene rings is 1. The molecule has 4 rings (SSSR count). The number of benzene rings is 3. The fourth-order valence-corrected chi connectivity index (χ4v) is 8.37. The molecule has 0 radical (unpaired) electrons. The maximum Gasteiger partial charge on any atom is 0.0383 e. The molecule has 0 unspecified atom stereocenters. The van der Waals surface area contributed by atoms with E-state index in [1.807, 2.05) is 17.4 Å². The summed E-state index contributed by atoms with van der Waals surface area (Å²) in [4.78, 5) is 2.86. The minimum absolute atomic E-state index is 1.27. The van der Waals surface area contributed by atoms with Gasteiger partial charge < -0.3 is 0 Å². The van der Waals surface area contributed by atoms with E-state index in [2.05, 4.69) is 135 Å². The highest BCUT2D eigenvalue weighted by Crippen LogP contribution is 2.42. The normalized spacial score (nSPS) is 11.9. The molecule has 44 heavy (non-hydrogen) atoms. The van der Waals surface area contributed by atoms with Crippen molar-refractivity contribution in [3.05, 3.63) is 117 Å². The average Bonchev–Trinajstić information content (AvgIpc) is 3.24. The number of rotatable bonds is 6. The fourth-order valence-electron chi connectivity index (χ4n) is 7.04. The molecule has 1 heterocycles. The van der Waals surface area contributed by atoms with Gasteiger partial charge in [-0.3, -0.25) is 0 Å². The lowest BCUT2D eigenvalue weighted by atomic mass is 9.85. The molecular weight excluding hydrogens is 549 g/mol. The summed E-state index contributed by atoms with van der Waals surface area (Å²) in [5, 5.41) is 0. The second-order valence-electron chi connectivity index (χ2n) is 13.1. The Hall–Kier alpha value is -3.42. The largest absolute Gasteiger partial charge is 0.140 e. The summed E-state index contributed by atoms with van der Waals surface area (Å²) in [6.45, 7) is 38.1. The first kappa shape index (κ1) is 33.5. The third-order valence-electron chi connectivity index (χ3n) is 11.1. The highest BCUT2D eigenvalue weighted by molar-refractivity contribution is 7.15. The van der Waals surface area contributed by atoms with Crippen molar-refractivity contribution in [2.24, 2.45) is 0 Å².